The molecule has 0 unspecified atom stereocenters. The molecule has 0 saturated heterocycles. The Bertz CT molecular complexity index is 1560. The molecule has 3 aromatic rings. The SMILES string of the molecule is CN(C)[C@@H]1C[C@@](C)(c2cccc(C(F)(F)F)c2)C(Cl)(Cl)C[C@H]1N(C)c1cc(F)c(S(=O)(=O)Nc2ccncn2)cc1Cl. The summed E-state index contributed by atoms with van der Waals surface area (Å²) in [4.78, 5) is 10.4. The smallest absolute Gasteiger partial charge is 0.369 e. The zero-order valence-electron chi connectivity index (χ0n) is 22.9. The number of aromatic nitrogens is 2. The Hall–Kier alpha value is -2.38. The van der Waals surface area contributed by atoms with Gasteiger partial charge in [0.05, 0.1) is 16.3 Å². The van der Waals surface area contributed by atoms with Crippen molar-refractivity contribution in [3.05, 3.63) is 77.0 Å². The lowest BCUT2D eigenvalue weighted by molar-refractivity contribution is -0.137. The molecule has 0 amide bonds. The molecule has 42 heavy (non-hydrogen) atoms. The Morgan fingerprint density at radius 1 is 1.05 bits per heavy atom. The Morgan fingerprint density at radius 3 is 2.33 bits per heavy atom. The quantitative estimate of drug-likeness (QED) is 0.222. The van der Waals surface area contributed by atoms with Gasteiger partial charge in [0.2, 0.25) is 0 Å². The van der Waals surface area contributed by atoms with E-state index in [-0.39, 0.29) is 35.4 Å². The molecule has 1 aliphatic rings. The average molecular weight is 669 g/mol. The molecule has 2 aromatic carbocycles. The van der Waals surface area contributed by atoms with Crippen molar-refractivity contribution < 1.29 is 26.0 Å². The molecule has 228 valence electrons. The number of sulfonamides is 1. The third-order valence-electron chi connectivity index (χ3n) is 7.81. The number of nitrogens with one attached hydrogen (secondary N) is 1. The first-order valence-corrected chi connectivity index (χ1v) is 15.2. The molecule has 3 atom stereocenters. The lowest BCUT2D eigenvalue weighted by Crippen LogP contribution is -2.61. The monoisotopic (exact) mass is 667 g/mol. The second-order valence-corrected chi connectivity index (χ2v) is 14.2. The van der Waals surface area contributed by atoms with Crippen molar-refractivity contribution in [2.24, 2.45) is 0 Å². The van der Waals surface area contributed by atoms with Gasteiger partial charge in [0.1, 0.15) is 27.2 Å². The molecule has 0 radical (unpaired) electrons. The summed E-state index contributed by atoms with van der Waals surface area (Å²) < 4.78 is 82.3. The number of halogens is 7. The molecule has 0 bridgehead atoms. The van der Waals surface area contributed by atoms with Crippen LogP contribution < -0.4 is 9.62 Å². The van der Waals surface area contributed by atoms with Gasteiger partial charge in [-0.1, -0.05) is 36.7 Å². The Labute approximate surface area is 256 Å². The molecule has 7 nitrogen and oxygen atoms in total. The Balaban J connectivity index is 1.69. The number of nitrogens with zero attached hydrogens (tertiary/aromatic N) is 4. The molecule has 15 heteroatoms. The van der Waals surface area contributed by atoms with Crippen LogP contribution in [-0.4, -0.2) is 60.8 Å². The van der Waals surface area contributed by atoms with Crippen molar-refractivity contribution in [2.75, 3.05) is 30.8 Å². The molecular formula is C27H28Cl3F4N5O2S. The van der Waals surface area contributed by atoms with Crippen molar-refractivity contribution in [1.82, 2.24) is 14.9 Å². The van der Waals surface area contributed by atoms with E-state index >= 15 is 4.39 Å². The van der Waals surface area contributed by atoms with Crippen LogP contribution in [0.4, 0.5) is 29.1 Å². The minimum absolute atomic E-state index is 0.0536. The fraction of sp³-hybridized carbons (Fsp3) is 0.407. The third-order valence-corrected chi connectivity index (χ3v) is 10.6. The summed E-state index contributed by atoms with van der Waals surface area (Å²) in [6.07, 6.45) is -1.77. The first-order valence-electron chi connectivity index (χ1n) is 12.6. The van der Waals surface area contributed by atoms with Gasteiger partial charge in [-0.15, -0.1) is 23.2 Å². The highest BCUT2D eigenvalue weighted by Crippen LogP contribution is 2.55. The van der Waals surface area contributed by atoms with Crippen molar-refractivity contribution in [2.45, 2.75) is 52.7 Å². The van der Waals surface area contributed by atoms with E-state index in [1.165, 1.54) is 18.3 Å². The molecule has 1 aromatic heterocycles. The molecule has 0 spiro atoms. The highest BCUT2D eigenvalue weighted by molar-refractivity contribution is 7.92. The topological polar surface area (TPSA) is 78.4 Å². The van der Waals surface area contributed by atoms with E-state index in [1.807, 2.05) is 19.0 Å². The molecule has 1 heterocycles. The number of rotatable bonds is 7. The van der Waals surface area contributed by atoms with Crippen LogP contribution in [0.1, 0.15) is 30.9 Å². The van der Waals surface area contributed by atoms with Gasteiger partial charge < -0.3 is 9.80 Å². The van der Waals surface area contributed by atoms with Crippen LogP contribution in [0.15, 0.2) is 59.9 Å². The van der Waals surface area contributed by atoms with Gasteiger partial charge in [-0.05, 0) is 44.3 Å². The van der Waals surface area contributed by atoms with E-state index in [1.54, 1.807) is 24.9 Å². The lowest BCUT2D eigenvalue weighted by atomic mass is 9.66. The van der Waals surface area contributed by atoms with E-state index in [0.29, 0.717) is 5.56 Å². The first kappa shape index (κ1) is 32.5. The minimum atomic E-state index is -4.54. The van der Waals surface area contributed by atoms with Crippen molar-refractivity contribution >= 4 is 56.3 Å². The van der Waals surface area contributed by atoms with Crippen LogP contribution in [0, 0.1) is 5.82 Å². The zero-order valence-corrected chi connectivity index (χ0v) is 26.0. The molecule has 1 N–H and O–H groups in total. The summed E-state index contributed by atoms with van der Waals surface area (Å²) in [5.74, 6) is -1.11. The summed E-state index contributed by atoms with van der Waals surface area (Å²) in [6, 6.07) is 7.45. The van der Waals surface area contributed by atoms with Crippen LogP contribution >= 0.6 is 34.8 Å². The fourth-order valence-electron chi connectivity index (χ4n) is 5.33. The predicted molar refractivity (Wildman–Crippen MR) is 156 cm³/mol. The second-order valence-electron chi connectivity index (χ2n) is 10.7. The maximum Gasteiger partial charge on any atom is 0.416 e. The number of anilines is 2. The second kappa shape index (κ2) is 11.6. The molecular weight excluding hydrogens is 641 g/mol. The largest absolute Gasteiger partial charge is 0.416 e. The number of alkyl halides is 5. The minimum Gasteiger partial charge on any atom is -0.369 e. The van der Waals surface area contributed by atoms with Crippen LogP contribution in [0.2, 0.25) is 5.02 Å². The van der Waals surface area contributed by atoms with Gasteiger partial charge >= 0.3 is 6.18 Å². The van der Waals surface area contributed by atoms with Gasteiger partial charge in [-0.25, -0.2) is 22.8 Å². The summed E-state index contributed by atoms with van der Waals surface area (Å²) in [7, 11) is 0.879. The van der Waals surface area contributed by atoms with E-state index < -0.39 is 48.3 Å². The van der Waals surface area contributed by atoms with Gasteiger partial charge in [-0.3, -0.25) is 4.72 Å². The molecule has 4 rings (SSSR count). The van der Waals surface area contributed by atoms with Gasteiger partial charge in [0.15, 0.2) is 0 Å². The van der Waals surface area contributed by atoms with Crippen LogP contribution in [-0.2, 0) is 21.6 Å². The Morgan fingerprint density at radius 2 is 1.74 bits per heavy atom. The molecule has 1 fully saturated rings. The van der Waals surface area contributed by atoms with Crippen molar-refractivity contribution in [1.29, 1.82) is 0 Å². The summed E-state index contributed by atoms with van der Waals surface area (Å²) in [5.41, 5.74) is -1.38. The highest BCUT2D eigenvalue weighted by atomic mass is 35.5. The lowest BCUT2D eigenvalue weighted by Gasteiger charge is -2.54. The number of hydrogen-bond donors (Lipinski definition) is 1. The maximum atomic E-state index is 15.4. The van der Waals surface area contributed by atoms with Gasteiger partial charge in [-0.2, -0.15) is 13.2 Å². The first-order chi connectivity index (χ1) is 19.4. The summed E-state index contributed by atoms with van der Waals surface area (Å²) >= 11 is 20.4. The maximum absolute atomic E-state index is 15.4. The van der Waals surface area contributed by atoms with Crippen LogP contribution in [0.25, 0.3) is 0 Å². The molecule has 1 saturated carbocycles. The Kier molecular flexibility index (Phi) is 8.99. The highest BCUT2D eigenvalue weighted by Gasteiger charge is 2.56. The third kappa shape index (κ3) is 6.28. The van der Waals surface area contributed by atoms with E-state index in [0.717, 1.165) is 30.6 Å². The summed E-state index contributed by atoms with van der Waals surface area (Å²) in [6.45, 7) is 1.73. The van der Waals surface area contributed by atoms with E-state index in [4.69, 9.17) is 34.8 Å². The van der Waals surface area contributed by atoms with E-state index in [9.17, 15) is 21.6 Å². The van der Waals surface area contributed by atoms with Crippen molar-refractivity contribution in [3.8, 4) is 0 Å². The molecule has 1 aliphatic carbocycles. The van der Waals surface area contributed by atoms with Gasteiger partial charge in [0, 0.05) is 43.2 Å². The van der Waals surface area contributed by atoms with Crippen LogP contribution in [0.3, 0.4) is 0 Å². The van der Waals surface area contributed by atoms with E-state index in [2.05, 4.69) is 14.7 Å². The van der Waals surface area contributed by atoms with Gasteiger partial charge in [0.25, 0.3) is 10.0 Å². The predicted octanol–water partition coefficient (Wildman–Crippen LogP) is 6.75. The molecule has 0 aliphatic heterocycles. The van der Waals surface area contributed by atoms with Crippen molar-refractivity contribution in [3.63, 3.8) is 0 Å². The number of likely N-dealkylation sites (N-methyl/N-ethyl adjacent to an activating group) is 2. The fourth-order valence-corrected chi connectivity index (χ4v) is 7.48. The standard InChI is InChI=1S/C27H28Cl3F4N5O2S/c1-25(16-6-5-7-17(10-16)27(32,33)34)13-21(38(2)3)22(14-26(25,29)30)39(4)20-12-19(31)23(11-18(20)28)42(40,41)37-24-8-9-35-15-36-24/h5-12,15,21-22H,13-14H2,1-4H3,(H,35,36,37)/t21-,22-,25+/m1/s1. The van der Waals surface area contributed by atoms with Crippen LogP contribution in [0.5, 0.6) is 0 Å². The average Bonchev–Trinajstić information content (AvgIpc) is 2.90. The normalized spacial score (nSPS) is 22.7. The number of hydrogen-bond acceptors (Lipinski definition) is 6. The zero-order chi connectivity index (χ0) is 31.3. The number of benzene rings is 2. The summed E-state index contributed by atoms with van der Waals surface area (Å²) in [5, 5.41) is -0.0552.